The van der Waals surface area contributed by atoms with Crippen molar-refractivity contribution in [2.75, 3.05) is 19.6 Å². The number of phenols is 1. The summed E-state index contributed by atoms with van der Waals surface area (Å²) < 4.78 is 29.3. The normalized spacial score (nSPS) is 16.0. The van der Waals surface area contributed by atoms with Gasteiger partial charge in [-0.25, -0.2) is 8.42 Å². The zero-order chi connectivity index (χ0) is 24.0. The number of hydrogen-bond acceptors (Lipinski definition) is 5. The number of likely N-dealkylation sites (tertiary alicyclic amines) is 1. The molecule has 9 nitrogen and oxygen atoms in total. The summed E-state index contributed by atoms with van der Waals surface area (Å²) in [5, 5.41) is 10.9. The van der Waals surface area contributed by atoms with Gasteiger partial charge in [0.25, 0.3) is 0 Å². The first-order valence-electron chi connectivity index (χ1n) is 11.3. The minimum atomic E-state index is -4.05. The van der Waals surface area contributed by atoms with Gasteiger partial charge in [-0.15, -0.1) is 0 Å². The Kier molecular flexibility index (Phi) is 8.15. The molecule has 0 saturated carbocycles. The largest absolute Gasteiger partial charge is 0.507 e. The molecule has 2 aromatic rings. The van der Waals surface area contributed by atoms with E-state index in [0.717, 1.165) is 19.3 Å². The highest BCUT2D eigenvalue weighted by molar-refractivity contribution is 7.89. The van der Waals surface area contributed by atoms with Crippen molar-refractivity contribution in [2.45, 2.75) is 50.0 Å². The highest BCUT2D eigenvalue weighted by Gasteiger charge is 2.31. The van der Waals surface area contributed by atoms with Crippen LogP contribution in [0.3, 0.4) is 0 Å². The molecule has 180 valence electrons. The number of nitrogens with two attached hydrogens (primary N) is 2. The zero-order valence-electron chi connectivity index (χ0n) is 18.9. The fourth-order valence-electron chi connectivity index (χ4n) is 4.27. The molecule has 0 radical (unpaired) electrons. The van der Waals surface area contributed by atoms with Gasteiger partial charge in [-0.1, -0.05) is 37.6 Å². The average Bonchev–Trinajstić information content (AvgIpc) is 2.80. The second kappa shape index (κ2) is 10.8. The van der Waals surface area contributed by atoms with Crippen molar-refractivity contribution >= 4 is 32.7 Å². The van der Waals surface area contributed by atoms with Gasteiger partial charge in [0.15, 0.2) is 5.96 Å². The molecule has 0 aliphatic carbocycles. The lowest BCUT2D eigenvalue weighted by molar-refractivity contribution is -0.134. The van der Waals surface area contributed by atoms with Crippen LogP contribution >= 0.6 is 0 Å². The molecule has 10 heteroatoms. The fraction of sp³-hybridized carbons (Fsp3) is 0.478. The number of amides is 1. The van der Waals surface area contributed by atoms with E-state index in [1.54, 1.807) is 29.2 Å². The van der Waals surface area contributed by atoms with Crippen LogP contribution in [0.1, 0.15) is 39.0 Å². The number of phenolic OH excluding ortho intramolecular Hbond substituents is 1. The molecule has 1 atom stereocenters. The summed E-state index contributed by atoms with van der Waals surface area (Å²) >= 11 is 0. The van der Waals surface area contributed by atoms with Gasteiger partial charge in [0, 0.05) is 30.4 Å². The highest BCUT2D eigenvalue weighted by Crippen LogP contribution is 2.29. The Hall–Kier alpha value is -2.85. The van der Waals surface area contributed by atoms with Crippen LogP contribution in [-0.4, -0.2) is 56.0 Å². The van der Waals surface area contributed by atoms with E-state index in [1.165, 1.54) is 12.1 Å². The number of sulfonamides is 1. The van der Waals surface area contributed by atoms with Crippen LogP contribution in [0.2, 0.25) is 0 Å². The van der Waals surface area contributed by atoms with Crippen LogP contribution in [-0.2, 0) is 14.8 Å². The summed E-state index contributed by atoms with van der Waals surface area (Å²) in [4.78, 5) is 19.0. The SMILES string of the molecule is CCC1CCN(C(=O)C(CCCN=C(N)N)NS(=O)(=O)c2cccc3c(O)cccc23)CC1. The van der Waals surface area contributed by atoms with Crippen molar-refractivity contribution in [2.24, 2.45) is 22.4 Å². The summed E-state index contributed by atoms with van der Waals surface area (Å²) in [5.74, 6) is 0.305. The highest BCUT2D eigenvalue weighted by atomic mass is 32.2. The number of hydrogen-bond donors (Lipinski definition) is 4. The van der Waals surface area contributed by atoms with E-state index < -0.39 is 16.1 Å². The number of rotatable bonds is 9. The molecule has 3 rings (SSSR count). The first-order chi connectivity index (χ1) is 15.7. The third-order valence-corrected chi connectivity index (χ3v) is 7.72. The Morgan fingerprint density at radius 1 is 1.18 bits per heavy atom. The molecule has 2 aromatic carbocycles. The van der Waals surface area contributed by atoms with Gasteiger partial charge in [0.2, 0.25) is 15.9 Å². The first-order valence-corrected chi connectivity index (χ1v) is 12.8. The Morgan fingerprint density at radius 3 is 2.52 bits per heavy atom. The van der Waals surface area contributed by atoms with Gasteiger partial charge in [0.05, 0.1) is 4.90 Å². The standard InChI is InChI=1S/C23H33N5O4S/c1-2-16-11-14-28(15-12-16)22(30)19(8-5-13-26-23(24)25)27-33(31,32)21-10-4-6-17-18(21)7-3-9-20(17)29/h3-4,6-7,9-10,16,19,27,29H,2,5,8,11-15H2,1H3,(H4,24,25,26). The number of guanidine groups is 1. The summed E-state index contributed by atoms with van der Waals surface area (Å²) in [6.45, 7) is 3.68. The lowest BCUT2D eigenvalue weighted by atomic mass is 9.94. The second-order valence-corrected chi connectivity index (χ2v) is 10.1. The zero-order valence-corrected chi connectivity index (χ0v) is 19.7. The van der Waals surface area contributed by atoms with E-state index >= 15 is 0 Å². The van der Waals surface area contributed by atoms with Crippen molar-refractivity contribution in [3.05, 3.63) is 36.4 Å². The van der Waals surface area contributed by atoms with Crippen molar-refractivity contribution in [3.63, 3.8) is 0 Å². The first kappa shape index (κ1) is 24.8. The fourth-order valence-corrected chi connectivity index (χ4v) is 5.71. The molecule has 1 aliphatic heterocycles. The molecule has 0 aromatic heterocycles. The number of aromatic hydroxyl groups is 1. The predicted molar refractivity (Wildman–Crippen MR) is 129 cm³/mol. The van der Waals surface area contributed by atoms with Gasteiger partial charge in [-0.2, -0.15) is 4.72 Å². The molecule has 1 fully saturated rings. The number of piperidine rings is 1. The Balaban J connectivity index is 1.85. The van der Waals surface area contributed by atoms with E-state index in [0.29, 0.717) is 42.7 Å². The molecular formula is C23H33N5O4S. The Bertz CT molecular complexity index is 1110. The van der Waals surface area contributed by atoms with E-state index in [9.17, 15) is 18.3 Å². The minimum absolute atomic E-state index is 0.00629. The number of aliphatic imine (C=N–C) groups is 1. The van der Waals surface area contributed by atoms with Crippen molar-refractivity contribution in [3.8, 4) is 5.75 Å². The molecule has 1 saturated heterocycles. The van der Waals surface area contributed by atoms with E-state index in [1.807, 2.05) is 0 Å². The molecule has 33 heavy (non-hydrogen) atoms. The van der Waals surface area contributed by atoms with Gasteiger partial charge in [0.1, 0.15) is 11.8 Å². The minimum Gasteiger partial charge on any atom is -0.507 e. The van der Waals surface area contributed by atoms with Crippen LogP contribution in [0, 0.1) is 5.92 Å². The van der Waals surface area contributed by atoms with Gasteiger partial charge < -0.3 is 21.5 Å². The number of nitrogens with zero attached hydrogens (tertiary/aromatic N) is 2. The lowest BCUT2D eigenvalue weighted by Crippen LogP contribution is -2.50. The second-order valence-electron chi connectivity index (χ2n) is 8.43. The van der Waals surface area contributed by atoms with Crippen molar-refractivity contribution < 1.29 is 18.3 Å². The maximum atomic E-state index is 13.4. The Labute approximate surface area is 194 Å². The van der Waals surface area contributed by atoms with E-state index in [-0.39, 0.29) is 28.9 Å². The van der Waals surface area contributed by atoms with Gasteiger partial charge >= 0.3 is 0 Å². The summed E-state index contributed by atoms with van der Waals surface area (Å²) in [5.41, 5.74) is 10.8. The summed E-state index contributed by atoms with van der Waals surface area (Å²) in [6.07, 6.45) is 3.61. The Morgan fingerprint density at radius 2 is 1.85 bits per heavy atom. The molecule has 1 aliphatic rings. The predicted octanol–water partition coefficient (Wildman–Crippen LogP) is 1.89. The monoisotopic (exact) mass is 475 g/mol. The number of nitrogens with one attached hydrogen (secondary N) is 1. The van der Waals surface area contributed by atoms with E-state index in [2.05, 4.69) is 16.6 Å². The van der Waals surface area contributed by atoms with Crippen molar-refractivity contribution in [1.29, 1.82) is 0 Å². The quantitative estimate of drug-likeness (QED) is 0.247. The molecule has 6 N–H and O–H groups in total. The molecule has 0 bridgehead atoms. The lowest BCUT2D eigenvalue weighted by Gasteiger charge is -2.34. The number of benzene rings is 2. The van der Waals surface area contributed by atoms with E-state index in [4.69, 9.17) is 11.5 Å². The maximum absolute atomic E-state index is 13.4. The van der Waals surface area contributed by atoms with Crippen LogP contribution in [0.4, 0.5) is 0 Å². The van der Waals surface area contributed by atoms with Crippen LogP contribution in [0.25, 0.3) is 10.8 Å². The van der Waals surface area contributed by atoms with Gasteiger partial charge in [-0.3, -0.25) is 9.79 Å². The van der Waals surface area contributed by atoms with Crippen LogP contribution in [0.15, 0.2) is 46.3 Å². The maximum Gasteiger partial charge on any atom is 0.241 e. The average molecular weight is 476 g/mol. The molecule has 1 heterocycles. The van der Waals surface area contributed by atoms with Crippen LogP contribution in [0.5, 0.6) is 5.75 Å². The molecular weight excluding hydrogens is 442 g/mol. The molecule has 1 unspecified atom stereocenters. The smallest absolute Gasteiger partial charge is 0.241 e. The van der Waals surface area contributed by atoms with Crippen molar-refractivity contribution in [1.82, 2.24) is 9.62 Å². The summed E-state index contributed by atoms with van der Waals surface area (Å²) in [6, 6.07) is 8.48. The van der Waals surface area contributed by atoms with Crippen LogP contribution < -0.4 is 16.2 Å². The van der Waals surface area contributed by atoms with Gasteiger partial charge in [-0.05, 0) is 43.7 Å². The third-order valence-electron chi connectivity index (χ3n) is 6.19. The topological polar surface area (TPSA) is 151 Å². The third kappa shape index (κ3) is 6.14. The summed E-state index contributed by atoms with van der Waals surface area (Å²) in [7, 11) is -4.05. The number of carbonyl (C=O) groups excluding carboxylic acids is 1. The molecule has 0 spiro atoms. The number of carbonyl (C=O) groups is 1. The molecule has 1 amide bonds. The number of fused-ring (bicyclic) bond motifs is 1.